The van der Waals surface area contributed by atoms with E-state index in [9.17, 15) is 26.4 Å². The number of anilines is 1. The first-order valence-corrected chi connectivity index (χ1v) is 13.2. The van der Waals surface area contributed by atoms with Crippen molar-refractivity contribution in [3.8, 4) is 17.1 Å². The lowest BCUT2D eigenvalue weighted by Gasteiger charge is -2.15. The first kappa shape index (κ1) is 27.6. The molecular formula is C25H23F3N6O4S. The van der Waals surface area contributed by atoms with Crippen LogP contribution in [0.1, 0.15) is 37.4 Å². The number of imidazole rings is 1. The maximum Gasteiger partial charge on any atom is 0.407 e. The van der Waals surface area contributed by atoms with Crippen molar-refractivity contribution in [2.75, 3.05) is 11.3 Å². The fourth-order valence-corrected chi connectivity index (χ4v) is 5.10. The Kier molecular flexibility index (Phi) is 7.38. The monoisotopic (exact) mass is 560 g/mol. The fraction of sp³-hybridized carbons (Fsp3) is 0.280. The molecule has 2 aromatic heterocycles. The Morgan fingerprint density at radius 1 is 1.18 bits per heavy atom. The maximum absolute atomic E-state index is 13.4. The van der Waals surface area contributed by atoms with E-state index in [0.29, 0.717) is 24.0 Å². The molecule has 0 saturated heterocycles. The van der Waals surface area contributed by atoms with Crippen molar-refractivity contribution in [2.24, 2.45) is 0 Å². The van der Waals surface area contributed by atoms with Gasteiger partial charge in [-0.15, -0.1) is 5.10 Å². The average Bonchev–Trinajstić information content (AvgIpc) is 3.19. The Morgan fingerprint density at radius 3 is 2.56 bits per heavy atom. The van der Waals surface area contributed by atoms with Gasteiger partial charge in [-0.25, -0.2) is 22.8 Å². The molecular weight excluding hydrogens is 537 g/mol. The quantitative estimate of drug-likeness (QED) is 0.289. The number of rotatable bonds is 8. The molecule has 0 radical (unpaired) electrons. The summed E-state index contributed by atoms with van der Waals surface area (Å²) in [7, 11) is -4.41. The van der Waals surface area contributed by atoms with Crippen molar-refractivity contribution in [1.82, 2.24) is 19.6 Å². The summed E-state index contributed by atoms with van der Waals surface area (Å²) in [6.07, 6.45) is -3.56. The van der Waals surface area contributed by atoms with Gasteiger partial charge in [0.2, 0.25) is 0 Å². The van der Waals surface area contributed by atoms with E-state index in [0.717, 1.165) is 18.6 Å². The minimum atomic E-state index is -4.86. The third kappa shape index (κ3) is 5.44. The molecule has 0 aliphatic heterocycles. The molecule has 0 atom stereocenters. The topological polar surface area (TPSA) is 123 Å². The van der Waals surface area contributed by atoms with Crippen LogP contribution in [0.5, 0.6) is 5.75 Å². The zero-order valence-electron chi connectivity index (χ0n) is 21.0. The summed E-state index contributed by atoms with van der Waals surface area (Å²) in [5, 5.41) is 4.50. The van der Waals surface area contributed by atoms with Crippen LogP contribution in [0.15, 0.2) is 46.1 Å². The summed E-state index contributed by atoms with van der Waals surface area (Å²) in [6, 6.07) is 6.31. The molecule has 4 aromatic rings. The molecule has 204 valence electrons. The number of halogens is 3. The summed E-state index contributed by atoms with van der Waals surface area (Å²) < 4.78 is 75.7. The Labute approximate surface area is 221 Å². The highest BCUT2D eigenvalue weighted by molar-refractivity contribution is 7.92. The largest absolute Gasteiger partial charge is 0.493 e. The Balaban J connectivity index is 1.83. The minimum absolute atomic E-state index is 0.0171. The number of hydrogen-bond acceptors (Lipinski definition) is 6. The van der Waals surface area contributed by atoms with E-state index in [4.69, 9.17) is 11.3 Å². The Bertz CT molecular complexity index is 1770. The molecule has 2 aromatic carbocycles. The van der Waals surface area contributed by atoms with Gasteiger partial charge in [0.05, 0.1) is 34.9 Å². The molecule has 4 rings (SSSR count). The number of aromatic amines is 1. The molecule has 0 aliphatic carbocycles. The zero-order chi connectivity index (χ0) is 28.5. The number of alkyl halides is 3. The second kappa shape index (κ2) is 10.4. The lowest BCUT2D eigenvalue weighted by atomic mass is 10.1. The molecule has 0 unspecified atom stereocenters. The summed E-state index contributed by atoms with van der Waals surface area (Å²) in [6.45, 7) is 12.5. The normalized spacial score (nSPS) is 11.9. The third-order valence-electron chi connectivity index (χ3n) is 5.71. The third-order valence-corrected chi connectivity index (χ3v) is 7.09. The van der Waals surface area contributed by atoms with Crippen LogP contribution in [0.3, 0.4) is 0 Å². The van der Waals surface area contributed by atoms with E-state index in [1.165, 1.54) is 22.7 Å². The second-order valence-corrected chi connectivity index (χ2v) is 10.1. The van der Waals surface area contributed by atoms with Gasteiger partial charge in [-0.05, 0) is 50.6 Å². The van der Waals surface area contributed by atoms with Crippen LogP contribution >= 0.6 is 0 Å². The van der Waals surface area contributed by atoms with Crippen LogP contribution in [0.25, 0.3) is 21.7 Å². The molecule has 2 heterocycles. The molecule has 0 aliphatic rings. The lowest BCUT2D eigenvalue weighted by Crippen LogP contribution is -2.17. The molecule has 0 amide bonds. The van der Waals surface area contributed by atoms with Gasteiger partial charge in [0.15, 0.2) is 17.0 Å². The number of benzene rings is 2. The molecule has 39 heavy (non-hydrogen) atoms. The minimum Gasteiger partial charge on any atom is -0.493 e. The van der Waals surface area contributed by atoms with E-state index >= 15 is 0 Å². The van der Waals surface area contributed by atoms with E-state index < -0.39 is 33.0 Å². The number of sulfonamides is 1. The van der Waals surface area contributed by atoms with Gasteiger partial charge >= 0.3 is 6.18 Å². The summed E-state index contributed by atoms with van der Waals surface area (Å²) in [5.74, 6) is 0.807. The zero-order valence-corrected chi connectivity index (χ0v) is 21.9. The van der Waals surface area contributed by atoms with Gasteiger partial charge in [0.25, 0.3) is 15.6 Å². The molecule has 0 spiro atoms. The van der Waals surface area contributed by atoms with Crippen LogP contribution in [0, 0.1) is 13.5 Å². The van der Waals surface area contributed by atoms with Crippen LogP contribution in [0.4, 0.5) is 24.5 Å². The first-order chi connectivity index (χ1) is 18.4. The maximum atomic E-state index is 13.4. The average molecular weight is 561 g/mol. The number of nitrogens with zero attached hydrogens (tertiary/aromatic N) is 4. The fourth-order valence-electron chi connectivity index (χ4n) is 4.02. The van der Waals surface area contributed by atoms with Gasteiger partial charge in [-0.2, -0.15) is 13.2 Å². The van der Waals surface area contributed by atoms with Gasteiger partial charge in [0.1, 0.15) is 11.6 Å². The van der Waals surface area contributed by atoms with Crippen LogP contribution in [-0.4, -0.2) is 34.6 Å². The van der Waals surface area contributed by atoms with Crippen molar-refractivity contribution in [2.45, 2.75) is 44.7 Å². The van der Waals surface area contributed by atoms with Gasteiger partial charge in [-0.1, -0.05) is 13.0 Å². The number of aromatic nitrogens is 4. The van der Waals surface area contributed by atoms with Crippen LogP contribution in [0.2, 0.25) is 0 Å². The number of aryl methyl sites for hydroxylation is 2. The van der Waals surface area contributed by atoms with E-state index in [2.05, 4.69) is 24.6 Å². The van der Waals surface area contributed by atoms with Crippen LogP contribution < -0.4 is 15.0 Å². The van der Waals surface area contributed by atoms with E-state index in [1.807, 2.05) is 6.92 Å². The van der Waals surface area contributed by atoms with Crippen molar-refractivity contribution in [3.05, 3.63) is 75.3 Å². The lowest BCUT2D eigenvalue weighted by molar-refractivity contribution is -0.136. The van der Waals surface area contributed by atoms with Crippen molar-refractivity contribution < 1.29 is 26.3 Å². The number of fused-ring (bicyclic) bond motifs is 1. The summed E-state index contributed by atoms with van der Waals surface area (Å²) >= 11 is 0. The van der Waals surface area contributed by atoms with Crippen molar-refractivity contribution >= 4 is 26.9 Å². The van der Waals surface area contributed by atoms with E-state index in [-0.39, 0.29) is 39.8 Å². The predicted molar refractivity (Wildman–Crippen MR) is 137 cm³/mol. The predicted octanol–water partition coefficient (Wildman–Crippen LogP) is 5.11. The smallest absolute Gasteiger partial charge is 0.407 e. The Morgan fingerprint density at radius 2 is 1.92 bits per heavy atom. The molecule has 0 bridgehead atoms. The van der Waals surface area contributed by atoms with Crippen LogP contribution in [-0.2, 0) is 22.6 Å². The number of H-pyrrole nitrogens is 1. The molecule has 2 N–H and O–H groups in total. The highest BCUT2D eigenvalue weighted by Crippen LogP contribution is 2.38. The van der Waals surface area contributed by atoms with Gasteiger partial charge < -0.3 is 9.72 Å². The highest BCUT2D eigenvalue weighted by Gasteiger charge is 2.34. The number of nitrogens with one attached hydrogen (secondary N) is 2. The van der Waals surface area contributed by atoms with Crippen molar-refractivity contribution in [3.63, 3.8) is 0 Å². The van der Waals surface area contributed by atoms with Gasteiger partial charge in [0, 0.05) is 12.1 Å². The summed E-state index contributed by atoms with van der Waals surface area (Å²) in [4.78, 5) is 22.5. The summed E-state index contributed by atoms with van der Waals surface area (Å²) in [5.41, 5.74) is -1.89. The molecule has 0 saturated carbocycles. The van der Waals surface area contributed by atoms with Crippen molar-refractivity contribution in [1.29, 1.82) is 0 Å². The van der Waals surface area contributed by atoms with Gasteiger partial charge in [-0.3, -0.25) is 9.52 Å². The second-order valence-electron chi connectivity index (χ2n) is 8.46. The standard InChI is InChI=1S/C25H23F3N6O4S/c1-5-7-21-30-14(3)22-24(35)31-23(32-34(21)22)17-13-16(9-11-20(17)38-6-2)39(36,37)33-15-8-10-19(29-4)18(12-15)25(26,27)28/h8-13,33H,5-7H2,1-3H3,(H,31,32,35). The molecule has 0 fully saturated rings. The molecule has 10 nitrogen and oxygen atoms in total. The molecule has 14 heteroatoms. The first-order valence-electron chi connectivity index (χ1n) is 11.8. The highest BCUT2D eigenvalue weighted by atomic mass is 32.2. The van der Waals surface area contributed by atoms with E-state index in [1.54, 1.807) is 13.8 Å². The number of hydrogen-bond donors (Lipinski definition) is 2. The number of ether oxygens (including phenoxy) is 1. The Hall–Kier alpha value is -4.38. The SMILES string of the molecule is [C-]#[N+]c1ccc(NS(=O)(=O)c2ccc(OCC)c(-c3nn4c(CCC)nc(C)c4c(=O)[nH]3)c2)cc1C(F)(F)F.